The zero-order valence-corrected chi connectivity index (χ0v) is 19.7. The van der Waals surface area contributed by atoms with E-state index in [1.54, 1.807) is 12.3 Å². The van der Waals surface area contributed by atoms with Crippen molar-refractivity contribution >= 4 is 23.5 Å². The van der Waals surface area contributed by atoms with Crippen LogP contribution in [0.4, 0.5) is 11.5 Å². The van der Waals surface area contributed by atoms with E-state index < -0.39 is 0 Å². The molecule has 1 aliphatic heterocycles. The highest BCUT2D eigenvalue weighted by Crippen LogP contribution is 2.48. The number of ether oxygens (including phenoxy) is 1. The van der Waals surface area contributed by atoms with Crippen LogP contribution in [0.25, 0.3) is 6.08 Å². The number of aromatic nitrogens is 2. The van der Waals surface area contributed by atoms with E-state index in [2.05, 4.69) is 16.5 Å². The number of aliphatic hydroxyl groups is 1. The number of hydrogen-bond acceptors (Lipinski definition) is 7. The molecule has 3 heterocycles. The molecule has 8 heteroatoms. The second kappa shape index (κ2) is 9.25. The summed E-state index contributed by atoms with van der Waals surface area (Å²) in [4.78, 5) is 26.1. The van der Waals surface area contributed by atoms with Gasteiger partial charge in [0.1, 0.15) is 5.75 Å². The Balaban J connectivity index is 1.45. The van der Waals surface area contributed by atoms with Crippen LogP contribution < -0.4 is 15.4 Å². The summed E-state index contributed by atoms with van der Waals surface area (Å²) >= 11 is 0. The number of amides is 1. The van der Waals surface area contributed by atoms with E-state index in [9.17, 15) is 9.90 Å². The maximum Gasteiger partial charge on any atom is 0.225 e. The molecule has 0 radical (unpaired) electrons. The Kier molecular flexibility index (Phi) is 6.16. The van der Waals surface area contributed by atoms with Crippen LogP contribution in [0.5, 0.6) is 11.5 Å². The van der Waals surface area contributed by atoms with Crippen LogP contribution in [0.1, 0.15) is 55.0 Å². The molecule has 0 unspecified atom stereocenters. The van der Waals surface area contributed by atoms with Gasteiger partial charge in [-0.2, -0.15) is 0 Å². The quantitative estimate of drug-likeness (QED) is 0.617. The molecular formula is C26H33N5O3. The van der Waals surface area contributed by atoms with Gasteiger partial charge in [-0.1, -0.05) is 6.58 Å². The Bertz CT molecular complexity index is 1100. The number of pyridine rings is 2. The Hall–Kier alpha value is -3.13. The minimum atomic E-state index is -0.109. The SMILES string of the molecule is C=Cc1cc(Oc2c(C3CC3)nc(N3CCN(C(=O)CCO)[C@H](C4CC4)C3)c(N)c2C)ccn1. The summed E-state index contributed by atoms with van der Waals surface area (Å²) in [5.74, 6) is 3.15. The maximum atomic E-state index is 12.6. The fourth-order valence-corrected chi connectivity index (χ4v) is 4.87. The topological polar surface area (TPSA) is 105 Å². The number of carbonyl (C=O) groups excluding carboxylic acids is 1. The third-order valence-electron chi connectivity index (χ3n) is 7.12. The summed E-state index contributed by atoms with van der Waals surface area (Å²) in [6, 6.07) is 3.83. The van der Waals surface area contributed by atoms with Gasteiger partial charge in [-0.3, -0.25) is 9.78 Å². The van der Waals surface area contributed by atoms with Crippen molar-refractivity contribution in [1.82, 2.24) is 14.9 Å². The average molecular weight is 464 g/mol. The predicted octanol–water partition coefficient (Wildman–Crippen LogP) is 3.49. The summed E-state index contributed by atoms with van der Waals surface area (Å²) in [5, 5.41) is 9.25. The van der Waals surface area contributed by atoms with E-state index in [1.807, 2.05) is 24.0 Å². The standard InChI is InChI=1S/C26H33N5O3/c1-3-19-14-20(8-10-28-19)34-25-16(2)23(27)26(29-24(25)18-6-7-18)30-11-12-31(22(33)9-13-32)21(15-30)17-4-5-17/h3,8,10,14,17-18,21,32H,1,4-7,9,11-13,15,27H2,2H3/t21-/m0/s1. The number of nitrogen functional groups attached to an aromatic ring is 1. The number of nitrogens with two attached hydrogens (primary N) is 1. The van der Waals surface area contributed by atoms with Crippen LogP contribution in [0, 0.1) is 12.8 Å². The molecule has 180 valence electrons. The van der Waals surface area contributed by atoms with Gasteiger partial charge in [0.2, 0.25) is 5.91 Å². The molecule has 2 aliphatic carbocycles. The van der Waals surface area contributed by atoms with E-state index in [-0.39, 0.29) is 25.0 Å². The third-order valence-corrected chi connectivity index (χ3v) is 7.12. The van der Waals surface area contributed by atoms with Crippen molar-refractivity contribution in [2.45, 2.75) is 51.0 Å². The van der Waals surface area contributed by atoms with Gasteiger partial charge in [-0.05, 0) is 50.7 Å². The largest absolute Gasteiger partial charge is 0.455 e. The molecule has 2 aromatic rings. The lowest BCUT2D eigenvalue weighted by molar-refractivity contribution is -0.135. The number of hydrogen-bond donors (Lipinski definition) is 2. The molecule has 0 bridgehead atoms. The van der Waals surface area contributed by atoms with Crippen LogP contribution in [0.2, 0.25) is 0 Å². The van der Waals surface area contributed by atoms with Gasteiger partial charge < -0.3 is 25.4 Å². The lowest BCUT2D eigenvalue weighted by Crippen LogP contribution is -2.56. The van der Waals surface area contributed by atoms with Crippen molar-refractivity contribution in [2.75, 3.05) is 36.9 Å². The fourth-order valence-electron chi connectivity index (χ4n) is 4.87. The number of aliphatic hydroxyl groups excluding tert-OH is 1. The van der Waals surface area contributed by atoms with Crippen molar-refractivity contribution in [3.8, 4) is 11.5 Å². The lowest BCUT2D eigenvalue weighted by Gasteiger charge is -2.43. The van der Waals surface area contributed by atoms with Crippen LogP contribution in [-0.4, -0.2) is 58.2 Å². The van der Waals surface area contributed by atoms with Gasteiger partial charge in [0.05, 0.1) is 29.7 Å². The van der Waals surface area contributed by atoms with Gasteiger partial charge in [0, 0.05) is 49.8 Å². The Morgan fingerprint density at radius 3 is 2.79 bits per heavy atom. The minimum Gasteiger partial charge on any atom is -0.455 e. The van der Waals surface area contributed by atoms with Crippen LogP contribution in [0.3, 0.4) is 0 Å². The first kappa shape index (κ1) is 22.7. The first-order valence-electron chi connectivity index (χ1n) is 12.2. The van der Waals surface area contributed by atoms with E-state index in [0.717, 1.165) is 60.7 Å². The van der Waals surface area contributed by atoms with Crippen molar-refractivity contribution in [3.05, 3.63) is 41.9 Å². The summed E-state index contributed by atoms with van der Waals surface area (Å²) < 4.78 is 6.33. The highest BCUT2D eigenvalue weighted by molar-refractivity contribution is 5.78. The van der Waals surface area contributed by atoms with E-state index in [0.29, 0.717) is 36.4 Å². The van der Waals surface area contributed by atoms with Gasteiger partial charge in [-0.15, -0.1) is 0 Å². The summed E-state index contributed by atoms with van der Waals surface area (Å²) in [6.45, 7) is 7.69. The molecule has 1 saturated heterocycles. The Labute approximate surface area is 200 Å². The predicted molar refractivity (Wildman–Crippen MR) is 132 cm³/mol. The highest BCUT2D eigenvalue weighted by Gasteiger charge is 2.42. The highest BCUT2D eigenvalue weighted by atomic mass is 16.5. The van der Waals surface area contributed by atoms with E-state index in [4.69, 9.17) is 15.5 Å². The van der Waals surface area contributed by atoms with E-state index >= 15 is 0 Å². The molecule has 3 aliphatic rings. The Morgan fingerprint density at radius 2 is 2.12 bits per heavy atom. The van der Waals surface area contributed by atoms with Crippen LogP contribution >= 0.6 is 0 Å². The lowest BCUT2D eigenvalue weighted by atomic mass is 10.0. The summed E-state index contributed by atoms with van der Waals surface area (Å²) in [5.41, 5.74) is 9.90. The second-order valence-electron chi connectivity index (χ2n) is 9.60. The molecule has 1 amide bonds. The molecule has 3 fully saturated rings. The van der Waals surface area contributed by atoms with E-state index in [1.165, 1.54) is 0 Å². The fraction of sp³-hybridized carbons (Fsp3) is 0.500. The van der Waals surface area contributed by atoms with Crippen molar-refractivity contribution in [1.29, 1.82) is 0 Å². The zero-order valence-electron chi connectivity index (χ0n) is 19.7. The number of nitrogens with zero attached hydrogens (tertiary/aromatic N) is 4. The zero-order chi connectivity index (χ0) is 23.8. The smallest absolute Gasteiger partial charge is 0.225 e. The second-order valence-corrected chi connectivity index (χ2v) is 9.60. The first-order valence-corrected chi connectivity index (χ1v) is 12.2. The first-order chi connectivity index (χ1) is 16.5. The molecule has 3 N–H and O–H groups in total. The van der Waals surface area contributed by atoms with Crippen molar-refractivity contribution in [3.63, 3.8) is 0 Å². The molecule has 34 heavy (non-hydrogen) atoms. The van der Waals surface area contributed by atoms with Gasteiger partial charge in [0.15, 0.2) is 11.6 Å². The molecule has 1 atom stereocenters. The molecule has 2 aromatic heterocycles. The van der Waals surface area contributed by atoms with Crippen molar-refractivity contribution < 1.29 is 14.6 Å². The molecule has 0 aromatic carbocycles. The monoisotopic (exact) mass is 463 g/mol. The van der Waals surface area contributed by atoms with Gasteiger partial charge >= 0.3 is 0 Å². The maximum absolute atomic E-state index is 12.6. The molecule has 5 rings (SSSR count). The summed E-state index contributed by atoms with van der Waals surface area (Å²) in [7, 11) is 0. The number of rotatable bonds is 8. The summed E-state index contributed by atoms with van der Waals surface area (Å²) in [6.07, 6.45) is 8.05. The van der Waals surface area contributed by atoms with Crippen molar-refractivity contribution in [2.24, 2.45) is 5.92 Å². The third kappa shape index (κ3) is 4.46. The number of piperazine rings is 1. The van der Waals surface area contributed by atoms with Gasteiger partial charge in [0.25, 0.3) is 0 Å². The molecule has 2 saturated carbocycles. The minimum absolute atomic E-state index is 0.0369. The van der Waals surface area contributed by atoms with Crippen LogP contribution in [0.15, 0.2) is 24.9 Å². The average Bonchev–Trinajstić information content (AvgIpc) is 3.76. The van der Waals surface area contributed by atoms with Crippen LogP contribution in [-0.2, 0) is 4.79 Å². The molecular weight excluding hydrogens is 430 g/mol. The van der Waals surface area contributed by atoms with Gasteiger partial charge in [-0.25, -0.2) is 4.98 Å². The Morgan fingerprint density at radius 1 is 1.32 bits per heavy atom. The molecule has 8 nitrogen and oxygen atoms in total. The number of anilines is 2. The molecule has 0 spiro atoms. The number of carbonyl (C=O) groups is 1. The normalized spacial score (nSPS) is 20.4.